The zero-order chi connectivity index (χ0) is 18.2. The molecule has 136 valence electrons. The van der Waals surface area contributed by atoms with E-state index in [9.17, 15) is 4.79 Å². The third-order valence-electron chi connectivity index (χ3n) is 4.50. The van der Waals surface area contributed by atoms with Gasteiger partial charge >= 0.3 is 0 Å². The first-order valence-corrected chi connectivity index (χ1v) is 9.24. The number of amides is 1. The minimum absolute atomic E-state index is 0.177. The van der Waals surface area contributed by atoms with E-state index < -0.39 is 0 Å². The van der Waals surface area contributed by atoms with Gasteiger partial charge in [-0.25, -0.2) is 0 Å². The van der Waals surface area contributed by atoms with Crippen LogP contribution in [0.4, 0.5) is 0 Å². The Kier molecular flexibility index (Phi) is 6.31. The lowest BCUT2D eigenvalue weighted by molar-refractivity contribution is -0.132. The molecule has 0 fully saturated rings. The smallest absolute Gasteiger partial charge is 0.223 e. The van der Waals surface area contributed by atoms with Gasteiger partial charge in [0.2, 0.25) is 5.91 Å². The van der Waals surface area contributed by atoms with Gasteiger partial charge in [-0.2, -0.15) is 0 Å². The number of rotatable bonds is 9. The van der Waals surface area contributed by atoms with Crippen LogP contribution in [0.15, 0.2) is 71.5 Å². The maximum atomic E-state index is 12.7. The molecule has 1 aromatic carbocycles. The Morgan fingerprint density at radius 2 is 1.88 bits per heavy atom. The lowest BCUT2D eigenvalue weighted by atomic mass is 10.2. The van der Waals surface area contributed by atoms with Crippen molar-refractivity contribution >= 4 is 5.91 Å². The number of hydrogen-bond donors (Lipinski definition) is 0. The summed E-state index contributed by atoms with van der Waals surface area (Å²) in [5, 5.41) is 0. The van der Waals surface area contributed by atoms with E-state index >= 15 is 0 Å². The van der Waals surface area contributed by atoms with Crippen LogP contribution in [-0.4, -0.2) is 15.4 Å². The SMILES string of the molecule is CCCCC(=O)N(Cc1ccco1)Cc1cccn1Cc1ccccc1. The Hall–Kier alpha value is -2.75. The number of nitrogens with zero attached hydrogens (tertiary/aromatic N) is 2. The van der Waals surface area contributed by atoms with Gasteiger partial charge in [0.1, 0.15) is 5.76 Å². The van der Waals surface area contributed by atoms with Crippen molar-refractivity contribution in [3.8, 4) is 0 Å². The number of hydrogen-bond acceptors (Lipinski definition) is 2. The van der Waals surface area contributed by atoms with Gasteiger partial charge in [-0.3, -0.25) is 4.79 Å². The molecule has 0 N–H and O–H groups in total. The van der Waals surface area contributed by atoms with E-state index in [-0.39, 0.29) is 5.91 Å². The summed E-state index contributed by atoms with van der Waals surface area (Å²) in [7, 11) is 0. The van der Waals surface area contributed by atoms with Crippen molar-refractivity contribution in [2.45, 2.75) is 45.8 Å². The molecule has 2 heterocycles. The molecule has 0 aliphatic heterocycles. The second kappa shape index (κ2) is 9.09. The Bertz CT molecular complexity index is 791. The molecule has 0 bridgehead atoms. The quantitative estimate of drug-likeness (QED) is 0.553. The molecule has 4 nitrogen and oxygen atoms in total. The highest BCUT2D eigenvalue weighted by Gasteiger charge is 2.17. The Labute approximate surface area is 155 Å². The average Bonchev–Trinajstić information content (AvgIpc) is 3.32. The Morgan fingerprint density at radius 3 is 2.62 bits per heavy atom. The second-order valence-electron chi connectivity index (χ2n) is 6.55. The van der Waals surface area contributed by atoms with Gasteiger partial charge in [0.15, 0.2) is 0 Å². The molecule has 0 saturated heterocycles. The lowest BCUT2D eigenvalue weighted by Gasteiger charge is -2.23. The van der Waals surface area contributed by atoms with Crippen LogP contribution in [0.2, 0.25) is 0 Å². The zero-order valence-electron chi connectivity index (χ0n) is 15.3. The predicted octanol–water partition coefficient (Wildman–Crippen LogP) is 4.85. The third-order valence-corrected chi connectivity index (χ3v) is 4.50. The van der Waals surface area contributed by atoms with Crippen LogP contribution in [0.5, 0.6) is 0 Å². The molecule has 0 saturated carbocycles. The molecule has 3 aromatic rings. The lowest BCUT2D eigenvalue weighted by Crippen LogP contribution is -2.30. The molecule has 2 aromatic heterocycles. The topological polar surface area (TPSA) is 38.4 Å². The van der Waals surface area contributed by atoms with Crippen molar-refractivity contribution in [1.29, 1.82) is 0 Å². The van der Waals surface area contributed by atoms with Crippen molar-refractivity contribution in [3.05, 3.63) is 84.1 Å². The number of benzene rings is 1. The molecule has 0 aliphatic rings. The van der Waals surface area contributed by atoms with Gasteiger partial charge in [-0.15, -0.1) is 0 Å². The van der Waals surface area contributed by atoms with E-state index in [1.807, 2.05) is 29.2 Å². The fraction of sp³-hybridized carbons (Fsp3) is 0.318. The van der Waals surface area contributed by atoms with Gasteiger partial charge in [-0.05, 0) is 36.2 Å². The highest BCUT2D eigenvalue weighted by molar-refractivity contribution is 5.76. The Balaban J connectivity index is 1.74. The van der Waals surface area contributed by atoms with Crippen LogP contribution in [0.25, 0.3) is 0 Å². The first kappa shape index (κ1) is 18.1. The summed E-state index contributed by atoms with van der Waals surface area (Å²) in [5.41, 5.74) is 2.38. The van der Waals surface area contributed by atoms with Gasteiger partial charge < -0.3 is 13.9 Å². The highest BCUT2D eigenvalue weighted by Crippen LogP contribution is 2.15. The number of furan rings is 1. The first-order chi connectivity index (χ1) is 12.8. The second-order valence-corrected chi connectivity index (χ2v) is 6.55. The first-order valence-electron chi connectivity index (χ1n) is 9.24. The van der Waals surface area contributed by atoms with E-state index in [0.29, 0.717) is 19.5 Å². The molecule has 1 amide bonds. The van der Waals surface area contributed by atoms with E-state index in [1.54, 1.807) is 6.26 Å². The molecular formula is C22H26N2O2. The van der Waals surface area contributed by atoms with Crippen molar-refractivity contribution in [3.63, 3.8) is 0 Å². The van der Waals surface area contributed by atoms with Crippen molar-refractivity contribution in [1.82, 2.24) is 9.47 Å². The zero-order valence-corrected chi connectivity index (χ0v) is 15.3. The normalized spacial score (nSPS) is 10.8. The molecule has 0 spiro atoms. The summed E-state index contributed by atoms with van der Waals surface area (Å²) in [6.45, 7) is 4.01. The maximum Gasteiger partial charge on any atom is 0.223 e. The highest BCUT2D eigenvalue weighted by atomic mass is 16.3. The van der Waals surface area contributed by atoms with Crippen molar-refractivity contribution in [2.75, 3.05) is 0 Å². The number of aromatic nitrogens is 1. The number of carbonyl (C=O) groups excluding carboxylic acids is 1. The summed E-state index contributed by atoms with van der Waals surface area (Å²) in [4.78, 5) is 14.6. The monoisotopic (exact) mass is 350 g/mol. The fourth-order valence-electron chi connectivity index (χ4n) is 3.03. The largest absolute Gasteiger partial charge is 0.467 e. The molecule has 0 unspecified atom stereocenters. The van der Waals surface area contributed by atoms with E-state index in [0.717, 1.165) is 30.8 Å². The van der Waals surface area contributed by atoms with Crippen LogP contribution < -0.4 is 0 Å². The summed E-state index contributed by atoms with van der Waals surface area (Å²) in [5.74, 6) is 0.992. The van der Waals surface area contributed by atoms with Gasteiger partial charge in [-0.1, -0.05) is 43.7 Å². The van der Waals surface area contributed by atoms with Gasteiger partial charge in [0, 0.05) is 24.9 Å². The summed E-state index contributed by atoms with van der Waals surface area (Å²) in [6, 6.07) is 18.3. The fourth-order valence-corrected chi connectivity index (χ4v) is 3.03. The van der Waals surface area contributed by atoms with Crippen LogP contribution in [0, 0.1) is 0 Å². The van der Waals surface area contributed by atoms with Crippen LogP contribution in [-0.2, 0) is 24.4 Å². The summed E-state index contributed by atoms with van der Waals surface area (Å²) < 4.78 is 7.67. The van der Waals surface area contributed by atoms with Gasteiger partial charge in [0.25, 0.3) is 0 Å². The summed E-state index contributed by atoms with van der Waals surface area (Å²) in [6.07, 6.45) is 6.24. The minimum atomic E-state index is 0.177. The third kappa shape index (κ3) is 4.88. The van der Waals surface area contributed by atoms with E-state index in [4.69, 9.17) is 4.42 Å². The maximum absolute atomic E-state index is 12.7. The van der Waals surface area contributed by atoms with Gasteiger partial charge in [0.05, 0.1) is 19.4 Å². The van der Waals surface area contributed by atoms with Crippen LogP contribution in [0.1, 0.15) is 43.2 Å². The number of carbonyl (C=O) groups is 1. The number of unbranched alkanes of at least 4 members (excludes halogenated alkanes) is 1. The van der Waals surface area contributed by atoms with E-state index in [1.165, 1.54) is 5.56 Å². The average molecular weight is 350 g/mol. The van der Waals surface area contributed by atoms with Crippen molar-refractivity contribution < 1.29 is 9.21 Å². The van der Waals surface area contributed by atoms with Crippen LogP contribution >= 0.6 is 0 Å². The standard InChI is InChI=1S/C22H26N2O2/c1-2-3-13-22(25)24(18-21-12-8-15-26-21)17-20-11-7-14-23(20)16-19-9-5-4-6-10-19/h4-12,14-15H,2-3,13,16-18H2,1H3. The van der Waals surface area contributed by atoms with Crippen molar-refractivity contribution in [2.24, 2.45) is 0 Å². The molecule has 3 rings (SSSR count). The van der Waals surface area contributed by atoms with E-state index in [2.05, 4.69) is 48.0 Å². The molecule has 26 heavy (non-hydrogen) atoms. The predicted molar refractivity (Wildman–Crippen MR) is 102 cm³/mol. The Morgan fingerprint density at radius 1 is 1.04 bits per heavy atom. The molecule has 0 atom stereocenters. The molecular weight excluding hydrogens is 324 g/mol. The van der Waals surface area contributed by atoms with Crippen LogP contribution in [0.3, 0.4) is 0 Å². The molecule has 0 aliphatic carbocycles. The minimum Gasteiger partial charge on any atom is -0.467 e. The molecule has 4 heteroatoms. The summed E-state index contributed by atoms with van der Waals surface area (Å²) >= 11 is 0. The molecule has 0 radical (unpaired) electrons.